The number of piperidine rings is 1. The molecule has 1 amide bonds. The van der Waals surface area contributed by atoms with Crippen molar-refractivity contribution in [3.8, 4) is 0 Å². The van der Waals surface area contributed by atoms with Crippen LogP contribution in [0.15, 0.2) is 23.1 Å². The maximum absolute atomic E-state index is 12.9. The van der Waals surface area contributed by atoms with Crippen molar-refractivity contribution < 1.29 is 9.72 Å². The van der Waals surface area contributed by atoms with E-state index in [1.54, 1.807) is 12.1 Å². The number of likely N-dealkylation sites (tertiary alicyclic amines) is 2. The van der Waals surface area contributed by atoms with Crippen LogP contribution in [0.3, 0.4) is 0 Å². The van der Waals surface area contributed by atoms with E-state index in [1.165, 1.54) is 43.8 Å². The molecule has 0 radical (unpaired) electrons. The topological polar surface area (TPSA) is 66.7 Å². The zero-order chi connectivity index (χ0) is 20.1. The number of benzene rings is 1. The zero-order valence-corrected chi connectivity index (χ0v) is 17.7. The highest BCUT2D eigenvalue weighted by molar-refractivity contribution is 7.99. The van der Waals surface area contributed by atoms with Crippen LogP contribution in [0.1, 0.15) is 56.3 Å². The molecule has 0 unspecified atom stereocenters. The second kappa shape index (κ2) is 9.74. The fourth-order valence-electron chi connectivity index (χ4n) is 4.04. The summed E-state index contributed by atoms with van der Waals surface area (Å²) < 4.78 is 0. The lowest BCUT2D eigenvalue weighted by Crippen LogP contribution is -2.45. The minimum Gasteiger partial charge on any atom is -0.339 e. The summed E-state index contributed by atoms with van der Waals surface area (Å²) >= 11 is 1.50. The Hall–Kier alpha value is -1.60. The van der Waals surface area contributed by atoms with Gasteiger partial charge >= 0.3 is 0 Å². The Balaban J connectivity index is 1.63. The van der Waals surface area contributed by atoms with E-state index in [9.17, 15) is 14.9 Å². The number of nitro groups is 1. The molecule has 0 aromatic heterocycles. The van der Waals surface area contributed by atoms with Gasteiger partial charge in [-0.25, -0.2) is 0 Å². The third-order valence-corrected chi connectivity index (χ3v) is 6.86. The van der Waals surface area contributed by atoms with Gasteiger partial charge in [0, 0.05) is 30.8 Å². The molecule has 2 aliphatic rings. The molecule has 0 bridgehead atoms. The lowest BCUT2D eigenvalue weighted by atomic mass is 10.0. The SMILES string of the molecule is CC(C)CCSc1ccc(C(=O)N2CCC(N3CCCC3)CC2)cc1[N+](=O)[O-]. The molecule has 0 aliphatic carbocycles. The molecule has 2 fully saturated rings. The maximum Gasteiger partial charge on any atom is 0.283 e. The highest BCUT2D eigenvalue weighted by Gasteiger charge is 2.29. The number of amides is 1. The molecule has 0 N–H and O–H groups in total. The average molecular weight is 406 g/mol. The van der Waals surface area contributed by atoms with Crippen molar-refractivity contribution in [2.45, 2.75) is 56.9 Å². The highest BCUT2D eigenvalue weighted by atomic mass is 32.2. The normalized spacial score (nSPS) is 18.8. The number of hydrogen-bond donors (Lipinski definition) is 0. The van der Waals surface area contributed by atoms with Crippen LogP contribution in [0.5, 0.6) is 0 Å². The van der Waals surface area contributed by atoms with Crippen LogP contribution < -0.4 is 0 Å². The van der Waals surface area contributed by atoms with Gasteiger partial charge in [0.2, 0.25) is 0 Å². The fourth-order valence-corrected chi connectivity index (χ4v) is 5.30. The molecule has 1 aromatic rings. The van der Waals surface area contributed by atoms with Gasteiger partial charge in [-0.3, -0.25) is 14.9 Å². The van der Waals surface area contributed by atoms with Gasteiger partial charge in [-0.1, -0.05) is 13.8 Å². The highest BCUT2D eigenvalue weighted by Crippen LogP contribution is 2.32. The van der Waals surface area contributed by atoms with Crippen LogP contribution in [0.4, 0.5) is 5.69 Å². The van der Waals surface area contributed by atoms with Gasteiger partial charge in [0.15, 0.2) is 0 Å². The quantitative estimate of drug-likeness (QED) is 0.381. The molecular weight excluding hydrogens is 374 g/mol. The van der Waals surface area contributed by atoms with E-state index in [-0.39, 0.29) is 16.5 Å². The van der Waals surface area contributed by atoms with E-state index in [0.29, 0.717) is 22.4 Å². The predicted octanol–water partition coefficient (Wildman–Crippen LogP) is 4.43. The third kappa shape index (κ3) is 5.26. The molecule has 0 spiro atoms. The largest absolute Gasteiger partial charge is 0.339 e. The Bertz CT molecular complexity index is 696. The number of rotatable bonds is 7. The Morgan fingerprint density at radius 3 is 2.50 bits per heavy atom. The summed E-state index contributed by atoms with van der Waals surface area (Å²) in [6, 6.07) is 5.54. The number of hydrogen-bond acceptors (Lipinski definition) is 5. The molecule has 1 aromatic carbocycles. The summed E-state index contributed by atoms with van der Waals surface area (Å²) in [4.78, 5) is 29.1. The van der Waals surface area contributed by atoms with Gasteiger partial charge in [-0.2, -0.15) is 0 Å². The first kappa shape index (κ1) is 21.1. The minimum atomic E-state index is -0.367. The van der Waals surface area contributed by atoms with Gasteiger partial charge in [0.25, 0.3) is 11.6 Å². The van der Waals surface area contributed by atoms with E-state index in [0.717, 1.165) is 38.1 Å². The first-order valence-electron chi connectivity index (χ1n) is 10.4. The van der Waals surface area contributed by atoms with Crippen molar-refractivity contribution in [2.75, 3.05) is 31.9 Å². The van der Waals surface area contributed by atoms with Crippen molar-refractivity contribution in [2.24, 2.45) is 5.92 Å². The van der Waals surface area contributed by atoms with Gasteiger partial charge in [0.1, 0.15) is 0 Å². The molecule has 28 heavy (non-hydrogen) atoms. The van der Waals surface area contributed by atoms with Gasteiger partial charge < -0.3 is 9.80 Å². The van der Waals surface area contributed by atoms with Gasteiger partial charge in [-0.05, 0) is 69.0 Å². The first-order chi connectivity index (χ1) is 13.5. The average Bonchev–Trinajstić information content (AvgIpc) is 3.22. The summed E-state index contributed by atoms with van der Waals surface area (Å²) in [6.45, 7) is 8.12. The number of carbonyl (C=O) groups is 1. The van der Waals surface area contributed by atoms with Gasteiger partial charge in [0.05, 0.1) is 9.82 Å². The van der Waals surface area contributed by atoms with Crippen molar-refractivity contribution >= 4 is 23.4 Å². The summed E-state index contributed by atoms with van der Waals surface area (Å²) in [7, 11) is 0. The molecule has 2 heterocycles. The molecule has 0 atom stereocenters. The van der Waals surface area contributed by atoms with Crippen LogP contribution in [-0.2, 0) is 0 Å². The minimum absolute atomic E-state index is 0.0477. The Labute approximate surface area is 171 Å². The van der Waals surface area contributed by atoms with Crippen LogP contribution in [0, 0.1) is 16.0 Å². The number of nitrogens with zero attached hydrogens (tertiary/aromatic N) is 3. The van der Waals surface area contributed by atoms with E-state index in [4.69, 9.17) is 0 Å². The van der Waals surface area contributed by atoms with Crippen LogP contribution >= 0.6 is 11.8 Å². The number of thioether (sulfide) groups is 1. The van der Waals surface area contributed by atoms with E-state index >= 15 is 0 Å². The lowest BCUT2D eigenvalue weighted by molar-refractivity contribution is -0.387. The summed E-state index contributed by atoms with van der Waals surface area (Å²) in [6.07, 6.45) is 5.57. The molecule has 3 rings (SSSR count). The molecule has 2 saturated heterocycles. The second-order valence-corrected chi connectivity index (χ2v) is 9.37. The lowest BCUT2D eigenvalue weighted by Gasteiger charge is -2.36. The fraction of sp³-hybridized carbons (Fsp3) is 0.667. The summed E-state index contributed by atoms with van der Waals surface area (Å²) in [5.74, 6) is 1.33. The van der Waals surface area contributed by atoms with Crippen LogP contribution in [0.25, 0.3) is 0 Å². The monoisotopic (exact) mass is 405 g/mol. The zero-order valence-electron chi connectivity index (χ0n) is 16.9. The Morgan fingerprint density at radius 2 is 1.89 bits per heavy atom. The van der Waals surface area contributed by atoms with E-state index in [2.05, 4.69) is 18.7 Å². The predicted molar refractivity (Wildman–Crippen MR) is 113 cm³/mol. The van der Waals surface area contributed by atoms with E-state index in [1.807, 2.05) is 4.90 Å². The summed E-state index contributed by atoms with van der Waals surface area (Å²) in [5.41, 5.74) is 0.478. The van der Waals surface area contributed by atoms with E-state index < -0.39 is 0 Å². The third-order valence-electron chi connectivity index (χ3n) is 5.76. The molecule has 7 heteroatoms. The van der Waals surface area contributed by atoms with Crippen molar-refractivity contribution in [1.29, 1.82) is 0 Å². The van der Waals surface area contributed by atoms with Crippen molar-refractivity contribution in [1.82, 2.24) is 9.80 Å². The van der Waals surface area contributed by atoms with Crippen molar-refractivity contribution in [3.63, 3.8) is 0 Å². The molecule has 2 aliphatic heterocycles. The maximum atomic E-state index is 12.9. The number of carbonyl (C=O) groups excluding carboxylic acids is 1. The standard InChI is InChI=1S/C21H31N3O3S/c1-16(2)9-14-28-20-6-5-17(15-19(20)24(26)27)21(25)23-12-7-18(8-13-23)22-10-3-4-11-22/h5-6,15-16,18H,3-4,7-14H2,1-2H3. The second-order valence-electron chi connectivity index (χ2n) is 8.24. The molecule has 154 valence electrons. The van der Waals surface area contributed by atoms with Crippen LogP contribution in [0.2, 0.25) is 0 Å². The first-order valence-corrected chi connectivity index (χ1v) is 11.4. The Kier molecular flexibility index (Phi) is 7.35. The Morgan fingerprint density at radius 1 is 1.21 bits per heavy atom. The smallest absolute Gasteiger partial charge is 0.283 e. The summed E-state index contributed by atoms with van der Waals surface area (Å²) in [5, 5.41) is 11.5. The number of nitro benzene ring substituents is 1. The van der Waals surface area contributed by atoms with Gasteiger partial charge in [-0.15, -0.1) is 11.8 Å². The molecule has 6 nitrogen and oxygen atoms in total. The molecular formula is C21H31N3O3S. The van der Waals surface area contributed by atoms with Crippen LogP contribution in [-0.4, -0.2) is 58.6 Å². The molecule has 0 saturated carbocycles. The van der Waals surface area contributed by atoms with Crippen molar-refractivity contribution in [3.05, 3.63) is 33.9 Å².